The number of para-hydroxylation sites is 1. The van der Waals surface area contributed by atoms with Crippen LogP contribution in [0.2, 0.25) is 0 Å². The van der Waals surface area contributed by atoms with E-state index in [-0.39, 0.29) is 12.4 Å². The van der Waals surface area contributed by atoms with Gasteiger partial charge in [0.15, 0.2) is 18.3 Å². The van der Waals surface area contributed by atoms with Gasteiger partial charge in [-0.2, -0.15) is 0 Å². The summed E-state index contributed by atoms with van der Waals surface area (Å²) in [7, 11) is 0. The standard InChI is InChI=1S/C29H28N4O7/c1-16(34)37-15-22-24(38-17(2)35)25(39-18(3)36)26(40-22)29-32-27-23(21(14-30-27)19-10-6-4-7-11-19)28(33-29)31-20-12-8-5-9-13-20/h4-14,22,24-26H,15H2,1-3H3,(H2,30,31,32,33)/t22-,24+,25+,26+/m0/s1. The molecule has 0 aromatic heterocycles. The van der Waals surface area contributed by atoms with Crippen molar-refractivity contribution in [1.29, 1.82) is 0 Å². The van der Waals surface area contributed by atoms with E-state index in [2.05, 4.69) is 15.3 Å². The Morgan fingerprint density at radius 2 is 1.55 bits per heavy atom. The van der Waals surface area contributed by atoms with Gasteiger partial charge in [0.25, 0.3) is 0 Å². The number of esters is 3. The predicted molar refractivity (Wildman–Crippen MR) is 144 cm³/mol. The van der Waals surface area contributed by atoms with Crippen LogP contribution in [-0.2, 0) is 33.3 Å². The third-order valence-electron chi connectivity index (χ3n) is 6.30. The minimum atomic E-state index is -1.07. The second-order valence-electron chi connectivity index (χ2n) is 9.27. The summed E-state index contributed by atoms with van der Waals surface area (Å²) in [6, 6.07) is 19.3. The maximum absolute atomic E-state index is 12.1. The lowest BCUT2D eigenvalue weighted by Crippen LogP contribution is -2.40. The van der Waals surface area contributed by atoms with E-state index >= 15 is 0 Å². The molecule has 5 rings (SSSR count). The molecule has 0 radical (unpaired) electrons. The second-order valence-corrected chi connectivity index (χ2v) is 9.27. The van der Waals surface area contributed by atoms with E-state index in [1.807, 2.05) is 60.7 Å². The number of hydrogen-bond donors (Lipinski definition) is 2. The average Bonchev–Trinajstić information content (AvgIpc) is 3.50. The first-order valence-corrected chi connectivity index (χ1v) is 12.7. The lowest BCUT2D eigenvalue weighted by Gasteiger charge is -2.23. The summed E-state index contributed by atoms with van der Waals surface area (Å²) < 4.78 is 22.4. The van der Waals surface area contributed by atoms with Crippen LogP contribution in [0.3, 0.4) is 0 Å². The summed E-state index contributed by atoms with van der Waals surface area (Å²) >= 11 is 0. The van der Waals surface area contributed by atoms with Crippen molar-refractivity contribution in [2.24, 2.45) is 0 Å². The largest absolute Gasteiger partial charge is 0.463 e. The summed E-state index contributed by atoms with van der Waals surface area (Å²) in [6.07, 6.45) is -2.27. The smallest absolute Gasteiger partial charge is 0.303 e. The summed E-state index contributed by atoms with van der Waals surface area (Å²) in [5.41, 5.74) is 3.35. The molecule has 11 heteroatoms. The zero-order valence-corrected chi connectivity index (χ0v) is 22.1. The normalized spacial score (nSPS) is 20.2. The van der Waals surface area contributed by atoms with Crippen molar-refractivity contribution in [3.05, 3.63) is 72.7 Å². The van der Waals surface area contributed by atoms with Gasteiger partial charge >= 0.3 is 17.9 Å². The Balaban J connectivity index is 1.61. The van der Waals surface area contributed by atoms with Crippen LogP contribution in [-0.4, -0.2) is 57.8 Å². The average molecular weight is 545 g/mol. The molecule has 206 valence electrons. The van der Waals surface area contributed by atoms with E-state index < -0.39 is 42.3 Å². The molecule has 2 aromatic rings. The second kappa shape index (κ2) is 11.5. The van der Waals surface area contributed by atoms with Crippen LogP contribution >= 0.6 is 0 Å². The van der Waals surface area contributed by atoms with Crippen LogP contribution in [0.25, 0.3) is 22.5 Å². The number of anilines is 2. The maximum atomic E-state index is 12.1. The molecule has 4 atom stereocenters. The molecule has 3 aliphatic heterocycles. The van der Waals surface area contributed by atoms with Gasteiger partial charge < -0.3 is 29.2 Å². The maximum Gasteiger partial charge on any atom is 0.303 e. The van der Waals surface area contributed by atoms with Crippen LogP contribution in [0.5, 0.6) is 0 Å². The van der Waals surface area contributed by atoms with Crippen LogP contribution in [0.15, 0.2) is 66.9 Å². The monoisotopic (exact) mass is 544 g/mol. The van der Waals surface area contributed by atoms with Gasteiger partial charge in [-0.1, -0.05) is 48.5 Å². The Kier molecular flexibility index (Phi) is 7.74. The predicted octanol–water partition coefficient (Wildman–Crippen LogP) is 4.19. The zero-order chi connectivity index (χ0) is 28.2. The summed E-state index contributed by atoms with van der Waals surface area (Å²) in [4.78, 5) is 48.3. The number of H-pyrrole nitrogens is 1. The highest BCUT2D eigenvalue weighted by Gasteiger charge is 2.51. The van der Waals surface area contributed by atoms with Gasteiger partial charge in [0, 0.05) is 38.2 Å². The van der Waals surface area contributed by atoms with Gasteiger partial charge in [0.1, 0.15) is 30.2 Å². The number of ether oxygens (including phenoxy) is 4. The molecule has 11 nitrogen and oxygen atoms in total. The number of rotatable bonds is 8. The molecule has 40 heavy (non-hydrogen) atoms. The van der Waals surface area contributed by atoms with Crippen molar-refractivity contribution >= 4 is 29.4 Å². The molecule has 0 spiro atoms. The van der Waals surface area contributed by atoms with Gasteiger partial charge in [-0.25, -0.2) is 9.97 Å². The summed E-state index contributed by atoms with van der Waals surface area (Å²) in [5, 5.41) is 3.37. The highest BCUT2D eigenvalue weighted by molar-refractivity contribution is 5.90. The molecule has 2 aromatic carbocycles. The third-order valence-corrected chi connectivity index (χ3v) is 6.30. The van der Waals surface area contributed by atoms with E-state index in [1.165, 1.54) is 20.8 Å². The van der Waals surface area contributed by atoms with Crippen molar-refractivity contribution < 1.29 is 33.3 Å². The van der Waals surface area contributed by atoms with Crippen molar-refractivity contribution in [2.45, 2.75) is 45.2 Å². The lowest BCUT2D eigenvalue weighted by molar-refractivity contribution is -0.165. The van der Waals surface area contributed by atoms with E-state index in [9.17, 15) is 14.4 Å². The van der Waals surface area contributed by atoms with Crippen molar-refractivity contribution in [3.8, 4) is 22.5 Å². The van der Waals surface area contributed by atoms with Gasteiger partial charge in [0.05, 0.1) is 5.56 Å². The lowest BCUT2D eigenvalue weighted by atomic mass is 10.0. The molecule has 0 amide bonds. The molecular formula is C29H28N4O7. The van der Waals surface area contributed by atoms with Gasteiger partial charge in [-0.05, 0) is 17.7 Å². The van der Waals surface area contributed by atoms with E-state index in [1.54, 1.807) is 6.20 Å². The molecule has 0 unspecified atom stereocenters. The fourth-order valence-electron chi connectivity index (χ4n) is 4.70. The van der Waals surface area contributed by atoms with Gasteiger partial charge in [0.2, 0.25) is 0 Å². The Labute approximate surface area is 230 Å². The molecule has 0 aliphatic carbocycles. The number of benzene rings is 2. The third kappa shape index (κ3) is 5.79. The number of carbonyl (C=O) groups excluding carboxylic acids is 3. The first-order valence-electron chi connectivity index (χ1n) is 12.7. The topological polar surface area (TPSA) is 142 Å². The molecular weight excluding hydrogens is 516 g/mol. The first kappa shape index (κ1) is 26.8. The fourth-order valence-corrected chi connectivity index (χ4v) is 4.70. The SMILES string of the molecule is CC(=O)OC[C@@H]1O[C@@H](c2nc(Nc3ccccc3)c3c(-c4ccccc4)cnc-3[nH]2)[C@H](OC(C)=O)[C@@H]1OC(C)=O. The number of aromatic nitrogens is 3. The Morgan fingerprint density at radius 1 is 0.900 bits per heavy atom. The fraction of sp³-hybridized carbons (Fsp3) is 0.276. The van der Waals surface area contributed by atoms with Crippen LogP contribution in [0.1, 0.15) is 32.7 Å². The molecule has 1 fully saturated rings. The quantitative estimate of drug-likeness (QED) is 0.245. The van der Waals surface area contributed by atoms with E-state index in [0.29, 0.717) is 11.6 Å². The molecule has 2 N–H and O–H groups in total. The number of carbonyl (C=O) groups is 3. The zero-order valence-electron chi connectivity index (χ0n) is 22.1. The van der Waals surface area contributed by atoms with Crippen LogP contribution in [0.4, 0.5) is 11.5 Å². The Morgan fingerprint density at radius 3 is 2.20 bits per heavy atom. The summed E-state index contributed by atoms with van der Waals surface area (Å²) in [5.74, 6) is -0.470. The van der Waals surface area contributed by atoms with Crippen molar-refractivity contribution in [2.75, 3.05) is 11.9 Å². The van der Waals surface area contributed by atoms with Crippen molar-refractivity contribution in [3.63, 3.8) is 0 Å². The molecule has 3 heterocycles. The number of fused-ring (bicyclic) bond motifs is 1. The number of aromatic amines is 1. The summed E-state index contributed by atoms with van der Waals surface area (Å²) in [6.45, 7) is 3.52. The van der Waals surface area contributed by atoms with Crippen LogP contribution < -0.4 is 5.32 Å². The molecule has 0 saturated carbocycles. The van der Waals surface area contributed by atoms with E-state index in [0.717, 1.165) is 22.4 Å². The molecule has 3 aliphatic rings. The number of hydrogen-bond acceptors (Lipinski definition) is 10. The van der Waals surface area contributed by atoms with Gasteiger partial charge in [-0.3, -0.25) is 14.4 Å². The van der Waals surface area contributed by atoms with E-state index in [4.69, 9.17) is 23.9 Å². The minimum Gasteiger partial charge on any atom is -0.463 e. The Bertz CT molecular complexity index is 1470. The Hall–Kier alpha value is -4.77. The molecule has 0 bridgehead atoms. The minimum absolute atomic E-state index is 0.217. The van der Waals surface area contributed by atoms with Gasteiger partial charge in [-0.15, -0.1) is 0 Å². The number of nitrogens with one attached hydrogen (secondary N) is 2. The highest BCUT2D eigenvalue weighted by Crippen LogP contribution is 2.42. The first-order chi connectivity index (χ1) is 19.3. The van der Waals surface area contributed by atoms with Crippen LogP contribution in [0, 0.1) is 0 Å². The highest BCUT2D eigenvalue weighted by atomic mass is 16.6. The molecule has 1 saturated heterocycles. The number of nitrogens with zero attached hydrogens (tertiary/aromatic N) is 2. The van der Waals surface area contributed by atoms with Crippen molar-refractivity contribution in [1.82, 2.24) is 15.0 Å².